The lowest BCUT2D eigenvalue weighted by Gasteiger charge is -2.22. The molecular formula is C26H16Cl2FN3O3S2. The summed E-state index contributed by atoms with van der Waals surface area (Å²) < 4.78 is 14.1. The molecule has 37 heavy (non-hydrogen) atoms. The molecule has 5 rings (SSSR count). The number of aromatic nitrogens is 2. The Kier molecular flexibility index (Phi) is 7.30. The van der Waals surface area contributed by atoms with Crippen molar-refractivity contribution in [2.45, 2.75) is 16.1 Å². The quantitative estimate of drug-likeness (QED) is 0.0890. The van der Waals surface area contributed by atoms with Crippen molar-refractivity contribution >= 4 is 68.9 Å². The Morgan fingerprint density at radius 2 is 1.57 bits per heavy atom. The van der Waals surface area contributed by atoms with E-state index in [1.165, 1.54) is 28.8 Å². The van der Waals surface area contributed by atoms with Gasteiger partial charge >= 0.3 is 5.91 Å². The van der Waals surface area contributed by atoms with Gasteiger partial charge < -0.3 is 5.11 Å². The molecule has 1 unspecified atom stereocenters. The second-order valence-corrected chi connectivity index (χ2v) is 11.0. The third kappa shape index (κ3) is 5.26. The summed E-state index contributed by atoms with van der Waals surface area (Å²) in [6, 6.07) is 18.0. The number of aliphatic hydroxyl groups excluding tert-OH is 1. The average molecular weight is 572 g/mol. The van der Waals surface area contributed by atoms with Gasteiger partial charge in [0.15, 0.2) is 4.34 Å². The van der Waals surface area contributed by atoms with Crippen LogP contribution in [0.15, 0.2) is 82.7 Å². The molecule has 1 atom stereocenters. The van der Waals surface area contributed by atoms with E-state index in [-0.39, 0.29) is 16.3 Å². The lowest BCUT2D eigenvalue weighted by atomic mass is 9.95. The highest BCUT2D eigenvalue weighted by molar-refractivity contribution is 8.00. The lowest BCUT2D eigenvalue weighted by molar-refractivity contribution is -0.132. The lowest BCUT2D eigenvalue weighted by Crippen LogP contribution is -2.29. The van der Waals surface area contributed by atoms with E-state index in [4.69, 9.17) is 23.2 Å². The van der Waals surface area contributed by atoms with E-state index in [1.807, 2.05) is 12.1 Å². The highest BCUT2D eigenvalue weighted by Crippen LogP contribution is 2.44. The van der Waals surface area contributed by atoms with Crippen LogP contribution >= 0.6 is 46.3 Å². The van der Waals surface area contributed by atoms with Gasteiger partial charge in [0.05, 0.1) is 11.6 Å². The van der Waals surface area contributed by atoms with Crippen LogP contribution in [0.5, 0.6) is 0 Å². The van der Waals surface area contributed by atoms with Gasteiger partial charge in [0, 0.05) is 21.4 Å². The first-order chi connectivity index (χ1) is 17.8. The van der Waals surface area contributed by atoms with Crippen molar-refractivity contribution in [3.63, 3.8) is 0 Å². The van der Waals surface area contributed by atoms with Gasteiger partial charge in [-0.1, -0.05) is 70.6 Å². The normalized spacial score (nSPS) is 16.9. The SMILES string of the molecule is O=C1C(=O)N(c2nnc(SCc3ccc(Cl)cc3)s2)C(c2ccc(Cl)cc2)/C1=C(/O)c1ccc(F)cc1. The smallest absolute Gasteiger partial charge is 0.301 e. The van der Waals surface area contributed by atoms with Gasteiger partial charge in [0.1, 0.15) is 11.6 Å². The minimum Gasteiger partial charge on any atom is -0.507 e. The van der Waals surface area contributed by atoms with Crippen LogP contribution in [0.3, 0.4) is 0 Å². The van der Waals surface area contributed by atoms with Gasteiger partial charge in [-0.25, -0.2) is 4.39 Å². The largest absolute Gasteiger partial charge is 0.507 e. The topological polar surface area (TPSA) is 83.4 Å². The van der Waals surface area contributed by atoms with Crippen molar-refractivity contribution in [1.29, 1.82) is 0 Å². The molecule has 1 amide bonds. The Labute approximate surface area is 229 Å². The Hall–Kier alpha value is -3.24. The Morgan fingerprint density at radius 1 is 0.946 bits per heavy atom. The molecule has 1 fully saturated rings. The van der Waals surface area contributed by atoms with Crippen molar-refractivity contribution in [1.82, 2.24) is 10.2 Å². The number of aliphatic hydroxyl groups is 1. The van der Waals surface area contributed by atoms with E-state index >= 15 is 0 Å². The highest BCUT2D eigenvalue weighted by atomic mass is 35.5. The Balaban J connectivity index is 1.53. The maximum Gasteiger partial charge on any atom is 0.301 e. The number of thioether (sulfide) groups is 1. The number of Topliss-reactive ketones (excluding diaryl/α,β-unsaturated/α-hetero) is 1. The number of benzene rings is 3. The van der Waals surface area contributed by atoms with E-state index in [1.54, 1.807) is 36.4 Å². The highest BCUT2D eigenvalue weighted by Gasteiger charge is 2.48. The van der Waals surface area contributed by atoms with Crippen LogP contribution in [0.2, 0.25) is 10.0 Å². The van der Waals surface area contributed by atoms with Crippen LogP contribution < -0.4 is 4.90 Å². The van der Waals surface area contributed by atoms with Gasteiger partial charge in [-0.15, -0.1) is 10.2 Å². The average Bonchev–Trinajstić information content (AvgIpc) is 3.46. The molecule has 6 nitrogen and oxygen atoms in total. The maximum absolute atomic E-state index is 13.5. The Morgan fingerprint density at radius 3 is 2.22 bits per heavy atom. The van der Waals surface area contributed by atoms with Crippen LogP contribution in [-0.2, 0) is 15.3 Å². The molecule has 11 heteroatoms. The maximum atomic E-state index is 13.5. The molecular weight excluding hydrogens is 556 g/mol. The number of ketones is 1. The summed E-state index contributed by atoms with van der Waals surface area (Å²) >= 11 is 14.6. The van der Waals surface area contributed by atoms with Crippen molar-refractivity contribution in [2.75, 3.05) is 4.90 Å². The van der Waals surface area contributed by atoms with Gasteiger partial charge in [-0.3, -0.25) is 14.5 Å². The van der Waals surface area contributed by atoms with E-state index in [0.717, 1.165) is 29.0 Å². The fraction of sp³-hybridized carbons (Fsp3) is 0.0769. The summed E-state index contributed by atoms with van der Waals surface area (Å²) in [5, 5.41) is 20.8. The summed E-state index contributed by atoms with van der Waals surface area (Å²) in [5.74, 6) is -2.04. The monoisotopic (exact) mass is 571 g/mol. The van der Waals surface area contributed by atoms with E-state index < -0.39 is 29.3 Å². The first-order valence-electron chi connectivity index (χ1n) is 10.8. The molecule has 0 bridgehead atoms. The van der Waals surface area contributed by atoms with E-state index in [9.17, 15) is 19.1 Å². The van der Waals surface area contributed by atoms with Crippen molar-refractivity contribution in [3.05, 3.63) is 111 Å². The predicted octanol–water partition coefficient (Wildman–Crippen LogP) is 6.90. The third-order valence-electron chi connectivity index (χ3n) is 5.63. The minimum absolute atomic E-state index is 0.135. The molecule has 2 heterocycles. The molecule has 0 radical (unpaired) electrons. The molecule has 1 aliphatic heterocycles. The van der Waals surface area contributed by atoms with Gasteiger partial charge in [0.2, 0.25) is 5.13 Å². The molecule has 1 saturated heterocycles. The number of carbonyl (C=O) groups is 2. The molecule has 1 aromatic heterocycles. The molecule has 186 valence electrons. The standard InChI is InChI=1S/C26H16Cl2FN3O3S2/c27-17-7-1-14(2-8-17)13-36-26-31-30-25(37-26)32-21(15-3-9-18(28)10-4-15)20(23(34)24(32)35)22(33)16-5-11-19(29)12-6-16/h1-12,21,33H,13H2/b22-20-. The first kappa shape index (κ1) is 25.4. The van der Waals surface area contributed by atoms with Crippen LogP contribution in [0.4, 0.5) is 9.52 Å². The second-order valence-electron chi connectivity index (χ2n) is 7.99. The summed E-state index contributed by atoms with van der Waals surface area (Å²) in [6.45, 7) is 0. The van der Waals surface area contributed by atoms with Crippen LogP contribution in [0, 0.1) is 5.82 Å². The number of hydrogen-bond donors (Lipinski definition) is 1. The Bertz CT molecular complexity index is 1510. The van der Waals surface area contributed by atoms with Crippen LogP contribution in [-0.4, -0.2) is 27.0 Å². The number of halogens is 3. The van der Waals surface area contributed by atoms with Crippen molar-refractivity contribution in [2.24, 2.45) is 0 Å². The molecule has 0 spiro atoms. The molecule has 0 saturated carbocycles. The summed E-state index contributed by atoms with van der Waals surface area (Å²) in [5.41, 5.74) is 1.64. The number of hydrogen-bond acceptors (Lipinski definition) is 7. The molecule has 0 aliphatic carbocycles. The molecule has 1 aliphatic rings. The molecule has 4 aromatic rings. The zero-order valence-corrected chi connectivity index (χ0v) is 21.9. The second kappa shape index (κ2) is 10.6. The molecule has 3 aromatic carbocycles. The van der Waals surface area contributed by atoms with Crippen LogP contribution in [0.25, 0.3) is 5.76 Å². The van der Waals surface area contributed by atoms with Crippen molar-refractivity contribution < 1.29 is 19.1 Å². The number of carbonyl (C=O) groups excluding carboxylic acids is 2. The zero-order valence-electron chi connectivity index (χ0n) is 18.8. The number of anilines is 1. The number of amides is 1. The van der Waals surface area contributed by atoms with Gasteiger partial charge in [-0.05, 0) is 59.7 Å². The number of nitrogens with zero attached hydrogens (tertiary/aromatic N) is 3. The zero-order chi connectivity index (χ0) is 26.1. The number of rotatable bonds is 6. The van der Waals surface area contributed by atoms with E-state index in [2.05, 4.69) is 10.2 Å². The summed E-state index contributed by atoms with van der Waals surface area (Å²) in [6.07, 6.45) is 0. The predicted molar refractivity (Wildman–Crippen MR) is 144 cm³/mol. The van der Waals surface area contributed by atoms with Gasteiger partial charge in [-0.2, -0.15) is 0 Å². The third-order valence-corrected chi connectivity index (χ3v) is 8.26. The molecule has 1 N–H and O–H groups in total. The summed E-state index contributed by atoms with van der Waals surface area (Å²) in [4.78, 5) is 27.7. The fourth-order valence-corrected chi connectivity index (χ4v) is 5.91. The first-order valence-corrected chi connectivity index (χ1v) is 13.4. The van der Waals surface area contributed by atoms with E-state index in [0.29, 0.717) is 25.7 Å². The summed E-state index contributed by atoms with van der Waals surface area (Å²) in [7, 11) is 0. The van der Waals surface area contributed by atoms with Gasteiger partial charge in [0.25, 0.3) is 5.78 Å². The fourth-order valence-electron chi connectivity index (χ4n) is 3.84. The van der Waals surface area contributed by atoms with Crippen molar-refractivity contribution in [3.8, 4) is 0 Å². The minimum atomic E-state index is -0.982. The van der Waals surface area contributed by atoms with Crippen LogP contribution in [0.1, 0.15) is 22.7 Å².